The number of aromatic carboxylic acids is 1. The molecule has 1 unspecified atom stereocenters. The van der Waals surface area contributed by atoms with E-state index in [1.807, 2.05) is 0 Å². The third kappa shape index (κ3) is 4.46. The molecule has 0 aromatic heterocycles. The van der Waals surface area contributed by atoms with Gasteiger partial charge in [-0.15, -0.1) is 0 Å². The molecule has 6 nitrogen and oxygen atoms in total. The monoisotopic (exact) mass is 291 g/mol. The van der Waals surface area contributed by atoms with Crippen LogP contribution in [0.1, 0.15) is 23.7 Å². The van der Waals surface area contributed by atoms with Gasteiger partial charge < -0.3 is 20.6 Å². The Hall–Kier alpha value is -2.08. The van der Waals surface area contributed by atoms with Crippen LogP contribution >= 0.6 is 0 Å². The summed E-state index contributed by atoms with van der Waals surface area (Å²) in [6, 6.07) is 5.84. The highest BCUT2D eigenvalue weighted by atomic mass is 16.4. The molecule has 1 heterocycles. The molecule has 0 radical (unpaired) electrons. The Bertz CT molecular complexity index is 501. The van der Waals surface area contributed by atoms with Gasteiger partial charge in [0.25, 0.3) is 0 Å². The molecule has 1 aromatic carbocycles. The highest BCUT2D eigenvalue weighted by Crippen LogP contribution is 2.14. The highest BCUT2D eigenvalue weighted by molar-refractivity contribution is 5.91. The van der Waals surface area contributed by atoms with Crippen molar-refractivity contribution in [2.45, 2.75) is 13.3 Å². The van der Waals surface area contributed by atoms with E-state index < -0.39 is 5.97 Å². The molecule has 21 heavy (non-hydrogen) atoms. The number of carbonyl (C=O) groups is 2. The van der Waals surface area contributed by atoms with Crippen molar-refractivity contribution in [3.63, 3.8) is 0 Å². The number of amides is 2. The van der Waals surface area contributed by atoms with Crippen molar-refractivity contribution < 1.29 is 14.7 Å². The van der Waals surface area contributed by atoms with E-state index in [2.05, 4.69) is 22.5 Å². The molecule has 114 valence electrons. The Kier molecular flexibility index (Phi) is 5.16. The van der Waals surface area contributed by atoms with Gasteiger partial charge in [-0.1, -0.05) is 6.92 Å². The summed E-state index contributed by atoms with van der Waals surface area (Å²) in [5.41, 5.74) is 0.783. The first-order valence-electron chi connectivity index (χ1n) is 7.19. The topological polar surface area (TPSA) is 81.7 Å². The summed E-state index contributed by atoms with van der Waals surface area (Å²) in [5.74, 6) is -0.474. The second kappa shape index (κ2) is 7.08. The number of nitrogens with zero attached hydrogens (tertiary/aromatic N) is 1. The van der Waals surface area contributed by atoms with Crippen molar-refractivity contribution in [3.8, 4) is 0 Å². The van der Waals surface area contributed by atoms with Crippen LogP contribution in [-0.2, 0) is 0 Å². The van der Waals surface area contributed by atoms with Gasteiger partial charge in [-0.2, -0.15) is 0 Å². The maximum Gasteiger partial charge on any atom is 0.335 e. The smallest absolute Gasteiger partial charge is 0.335 e. The first-order chi connectivity index (χ1) is 10.1. The third-order valence-electron chi connectivity index (χ3n) is 3.76. The van der Waals surface area contributed by atoms with Gasteiger partial charge in [-0.25, -0.2) is 9.59 Å². The standard InChI is InChI=1S/C15H21N3O3/c1-2-18-8-7-11(10-18)9-16-15(21)17-13-5-3-12(4-6-13)14(19)20/h3-6,11H,2,7-10H2,1H3,(H,19,20)(H2,16,17,21). The minimum atomic E-state index is -0.979. The average molecular weight is 291 g/mol. The van der Waals surface area contributed by atoms with Crippen molar-refractivity contribution >= 4 is 17.7 Å². The molecule has 3 N–H and O–H groups in total. The van der Waals surface area contributed by atoms with Crippen LogP contribution in [0.4, 0.5) is 10.5 Å². The van der Waals surface area contributed by atoms with Crippen LogP contribution in [0.15, 0.2) is 24.3 Å². The van der Waals surface area contributed by atoms with E-state index in [9.17, 15) is 9.59 Å². The van der Waals surface area contributed by atoms with Gasteiger partial charge in [0.1, 0.15) is 0 Å². The molecule has 1 aliphatic rings. The Morgan fingerprint density at radius 2 is 2.05 bits per heavy atom. The number of anilines is 1. The van der Waals surface area contributed by atoms with E-state index in [0.717, 1.165) is 26.1 Å². The fraction of sp³-hybridized carbons (Fsp3) is 0.467. The van der Waals surface area contributed by atoms with Gasteiger partial charge in [0.15, 0.2) is 0 Å². The average Bonchev–Trinajstić information content (AvgIpc) is 2.94. The summed E-state index contributed by atoms with van der Waals surface area (Å²) >= 11 is 0. The fourth-order valence-corrected chi connectivity index (χ4v) is 2.48. The summed E-state index contributed by atoms with van der Waals surface area (Å²) in [6.07, 6.45) is 1.11. The fourth-order valence-electron chi connectivity index (χ4n) is 2.48. The Balaban J connectivity index is 1.75. The van der Waals surface area contributed by atoms with Gasteiger partial charge >= 0.3 is 12.0 Å². The van der Waals surface area contributed by atoms with E-state index >= 15 is 0 Å². The maximum absolute atomic E-state index is 11.8. The van der Waals surface area contributed by atoms with Gasteiger partial charge in [0.2, 0.25) is 0 Å². The van der Waals surface area contributed by atoms with Crippen LogP contribution < -0.4 is 10.6 Å². The van der Waals surface area contributed by atoms with Crippen molar-refractivity contribution in [2.24, 2.45) is 5.92 Å². The normalized spacial score (nSPS) is 18.4. The molecular formula is C15H21N3O3. The Morgan fingerprint density at radius 3 is 2.62 bits per heavy atom. The lowest BCUT2D eigenvalue weighted by atomic mass is 10.1. The largest absolute Gasteiger partial charge is 0.478 e. The van der Waals surface area contributed by atoms with Crippen molar-refractivity contribution in [3.05, 3.63) is 29.8 Å². The number of rotatable bonds is 5. The number of carbonyl (C=O) groups excluding carboxylic acids is 1. The lowest BCUT2D eigenvalue weighted by Gasteiger charge is -2.14. The zero-order valence-corrected chi connectivity index (χ0v) is 12.1. The predicted molar refractivity (Wildman–Crippen MR) is 80.6 cm³/mol. The third-order valence-corrected chi connectivity index (χ3v) is 3.76. The Morgan fingerprint density at radius 1 is 1.33 bits per heavy atom. The van der Waals surface area contributed by atoms with Crippen LogP contribution in [0.2, 0.25) is 0 Å². The summed E-state index contributed by atoms with van der Waals surface area (Å²) < 4.78 is 0. The number of hydrogen-bond acceptors (Lipinski definition) is 3. The minimum Gasteiger partial charge on any atom is -0.478 e. The number of hydrogen-bond donors (Lipinski definition) is 3. The van der Waals surface area contributed by atoms with Gasteiger partial charge in [0, 0.05) is 18.8 Å². The van der Waals surface area contributed by atoms with E-state index in [1.165, 1.54) is 12.1 Å². The second-order valence-corrected chi connectivity index (χ2v) is 5.27. The van der Waals surface area contributed by atoms with Gasteiger partial charge in [-0.3, -0.25) is 0 Å². The number of likely N-dealkylation sites (tertiary alicyclic amines) is 1. The number of carboxylic acids is 1. The highest BCUT2D eigenvalue weighted by Gasteiger charge is 2.21. The van der Waals surface area contributed by atoms with Crippen molar-refractivity contribution in [2.75, 3.05) is 31.5 Å². The van der Waals surface area contributed by atoms with Crippen LogP contribution in [0.3, 0.4) is 0 Å². The zero-order chi connectivity index (χ0) is 15.2. The first-order valence-corrected chi connectivity index (χ1v) is 7.19. The first kappa shape index (κ1) is 15.3. The van der Waals surface area contributed by atoms with Crippen molar-refractivity contribution in [1.82, 2.24) is 10.2 Å². The SMILES string of the molecule is CCN1CCC(CNC(=O)Nc2ccc(C(=O)O)cc2)C1. The summed E-state index contributed by atoms with van der Waals surface area (Å²) in [7, 11) is 0. The quantitative estimate of drug-likeness (QED) is 0.773. The van der Waals surface area contributed by atoms with Crippen LogP contribution in [0.5, 0.6) is 0 Å². The number of urea groups is 1. The molecule has 1 fully saturated rings. The lowest BCUT2D eigenvalue weighted by molar-refractivity contribution is 0.0697. The summed E-state index contributed by atoms with van der Waals surface area (Å²) in [4.78, 5) is 24.9. The van der Waals surface area contributed by atoms with E-state index in [0.29, 0.717) is 18.2 Å². The molecule has 0 bridgehead atoms. The number of benzene rings is 1. The predicted octanol–water partition coefficient (Wildman–Crippen LogP) is 1.85. The molecule has 0 saturated carbocycles. The molecular weight excluding hydrogens is 270 g/mol. The lowest BCUT2D eigenvalue weighted by Crippen LogP contribution is -2.34. The molecule has 6 heteroatoms. The molecule has 2 rings (SSSR count). The number of carboxylic acid groups (broad SMARTS) is 1. The molecule has 1 saturated heterocycles. The molecule has 1 aromatic rings. The van der Waals surface area contributed by atoms with Crippen LogP contribution in [-0.4, -0.2) is 48.2 Å². The van der Waals surface area contributed by atoms with Gasteiger partial charge in [-0.05, 0) is 49.7 Å². The van der Waals surface area contributed by atoms with E-state index in [1.54, 1.807) is 12.1 Å². The summed E-state index contributed by atoms with van der Waals surface area (Å²) in [6.45, 7) is 5.99. The van der Waals surface area contributed by atoms with Crippen molar-refractivity contribution in [1.29, 1.82) is 0 Å². The van der Waals surface area contributed by atoms with E-state index in [4.69, 9.17) is 5.11 Å². The van der Waals surface area contributed by atoms with Gasteiger partial charge in [0.05, 0.1) is 5.56 Å². The summed E-state index contributed by atoms with van der Waals surface area (Å²) in [5, 5.41) is 14.4. The molecule has 2 amide bonds. The van der Waals surface area contributed by atoms with Crippen LogP contribution in [0.25, 0.3) is 0 Å². The molecule has 0 aliphatic carbocycles. The maximum atomic E-state index is 11.8. The van der Waals surface area contributed by atoms with E-state index in [-0.39, 0.29) is 11.6 Å². The molecule has 0 spiro atoms. The molecule has 1 aliphatic heterocycles. The Labute approximate surface area is 124 Å². The second-order valence-electron chi connectivity index (χ2n) is 5.27. The minimum absolute atomic E-state index is 0.201. The van der Waals surface area contributed by atoms with Crippen LogP contribution in [0, 0.1) is 5.92 Å². The number of nitrogens with one attached hydrogen (secondary N) is 2. The molecule has 1 atom stereocenters. The zero-order valence-electron chi connectivity index (χ0n) is 12.1.